The zero-order valence-electron chi connectivity index (χ0n) is 10.0. The predicted molar refractivity (Wildman–Crippen MR) is 64.8 cm³/mol. The van der Waals surface area contributed by atoms with Crippen molar-refractivity contribution in [2.24, 2.45) is 0 Å². The smallest absolute Gasteiger partial charge is 0.239 e. The van der Waals surface area contributed by atoms with Crippen molar-refractivity contribution in [3.63, 3.8) is 0 Å². The number of piperazine rings is 1. The highest BCUT2D eigenvalue weighted by atomic mass is 16.5. The van der Waals surface area contributed by atoms with E-state index in [0.29, 0.717) is 24.6 Å². The maximum Gasteiger partial charge on any atom is 0.239 e. The number of carbonyl (C=O) groups excluding carboxylic acids is 1. The highest BCUT2D eigenvalue weighted by Gasteiger charge is 2.17. The SMILES string of the molecule is COc1ccc(N2CCNC(=O)C2)cc1OC. The fraction of sp³-hybridized carbons (Fsp3) is 0.417. The van der Waals surface area contributed by atoms with E-state index in [1.165, 1.54) is 0 Å². The molecule has 0 aliphatic carbocycles. The third-order valence-electron chi connectivity index (χ3n) is 2.77. The Morgan fingerprint density at radius 2 is 2.00 bits per heavy atom. The number of rotatable bonds is 3. The van der Waals surface area contributed by atoms with E-state index >= 15 is 0 Å². The van der Waals surface area contributed by atoms with Gasteiger partial charge in [0.1, 0.15) is 0 Å². The largest absolute Gasteiger partial charge is 0.493 e. The normalized spacial score (nSPS) is 15.4. The summed E-state index contributed by atoms with van der Waals surface area (Å²) in [5.74, 6) is 1.42. The number of anilines is 1. The summed E-state index contributed by atoms with van der Waals surface area (Å²) in [5.41, 5.74) is 0.970. The molecular formula is C12H16N2O3. The van der Waals surface area contributed by atoms with Crippen LogP contribution in [0.5, 0.6) is 11.5 Å². The molecule has 1 fully saturated rings. The van der Waals surface area contributed by atoms with Crippen LogP contribution in [0, 0.1) is 0 Å². The minimum absolute atomic E-state index is 0.0473. The molecule has 0 bridgehead atoms. The maximum atomic E-state index is 11.3. The highest BCUT2D eigenvalue weighted by molar-refractivity contribution is 5.82. The van der Waals surface area contributed by atoms with Crippen LogP contribution in [0.1, 0.15) is 0 Å². The summed E-state index contributed by atoms with van der Waals surface area (Å²) in [6, 6.07) is 5.66. The molecule has 1 aromatic carbocycles. The summed E-state index contributed by atoms with van der Waals surface area (Å²) >= 11 is 0. The molecule has 92 valence electrons. The fourth-order valence-corrected chi connectivity index (χ4v) is 1.88. The summed E-state index contributed by atoms with van der Waals surface area (Å²) in [7, 11) is 3.20. The maximum absolute atomic E-state index is 11.3. The van der Waals surface area contributed by atoms with Gasteiger partial charge in [0.15, 0.2) is 11.5 Å². The van der Waals surface area contributed by atoms with Crippen LogP contribution in [-0.2, 0) is 4.79 Å². The Hall–Kier alpha value is -1.91. The van der Waals surface area contributed by atoms with E-state index in [1.54, 1.807) is 14.2 Å². The second kappa shape index (κ2) is 4.95. The third-order valence-corrected chi connectivity index (χ3v) is 2.77. The summed E-state index contributed by atoms with van der Waals surface area (Å²) < 4.78 is 10.4. The molecular weight excluding hydrogens is 220 g/mol. The molecule has 5 nitrogen and oxygen atoms in total. The van der Waals surface area contributed by atoms with E-state index in [2.05, 4.69) is 5.32 Å². The molecule has 17 heavy (non-hydrogen) atoms. The minimum Gasteiger partial charge on any atom is -0.493 e. The summed E-state index contributed by atoms with van der Waals surface area (Å²) in [6.07, 6.45) is 0. The van der Waals surface area contributed by atoms with Crippen LogP contribution in [0.2, 0.25) is 0 Å². The molecule has 1 aromatic rings. The Balaban J connectivity index is 2.23. The first-order chi connectivity index (χ1) is 8.24. The quantitative estimate of drug-likeness (QED) is 0.836. The monoisotopic (exact) mass is 236 g/mol. The zero-order chi connectivity index (χ0) is 12.3. The van der Waals surface area contributed by atoms with E-state index in [0.717, 1.165) is 12.2 Å². The molecule has 1 amide bonds. The molecule has 1 N–H and O–H groups in total. The first-order valence-corrected chi connectivity index (χ1v) is 5.48. The predicted octanol–water partition coefficient (Wildman–Crippen LogP) is 0.640. The third kappa shape index (κ3) is 2.43. The van der Waals surface area contributed by atoms with E-state index in [-0.39, 0.29) is 5.91 Å². The molecule has 0 spiro atoms. The first kappa shape index (κ1) is 11.6. The molecule has 0 saturated carbocycles. The van der Waals surface area contributed by atoms with Gasteiger partial charge >= 0.3 is 0 Å². The highest BCUT2D eigenvalue weighted by Crippen LogP contribution is 2.31. The fourth-order valence-electron chi connectivity index (χ4n) is 1.88. The van der Waals surface area contributed by atoms with E-state index in [9.17, 15) is 4.79 Å². The van der Waals surface area contributed by atoms with Crippen molar-refractivity contribution in [1.29, 1.82) is 0 Å². The number of carbonyl (C=O) groups is 1. The summed E-state index contributed by atoms with van der Waals surface area (Å²) in [6.45, 7) is 1.86. The van der Waals surface area contributed by atoms with Crippen LogP contribution in [-0.4, -0.2) is 39.8 Å². The molecule has 5 heteroatoms. The van der Waals surface area contributed by atoms with Gasteiger partial charge in [0.05, 0.1) is 20.8 Å². The molecule has 0 atom stereocenters. The first-order valence-electron chi connectivity index (χ1n) is 5.48. The van der Waals surface area contributed by atoms with Gasteiger partial charge in [-0.2, -0.15) is 0 Å². The molecule has 1 aliphatic heterocycles. The van der Waals surface area contributed by atoms with Crippen LogP contribution < -0.4 is 19.7 Å². The van der Waals surface area contributed by atoms with Crippen molar-refractivity contribution < 1.29 is 14.3 Å². The minimum atomic E-state index is 0.0473. The number of hydrogen-bond acceptors (Lipinski definition) is 4. The van der Waals surface area contributed by atoms with Gasteiger partial charge in [-0.25, -0.2) is 0 Å². The van der Waals surface area contributed by atoms with Crippen molar-refractivity contribution in [3.05, 3.63) is 18.2 Å². The lowest BCUT2D eigenvalue weighted by Gasteiger charge is -2.29. The number of ether oxygens (including phenoxy) is 2. The Morgan fingerprint density at radius 3 is 2.65 bits per heavy atom. The van der Waals surface area contributed by atoms with Gasteiger partial charge in [-0.05, 0) is 12.1 Å². The van der Waals surface area contributed by atoms with Gasteiger partial charge in [-0.3, -0.25) is 4.79 Å². The lowest BCUT2D eigenvalue weighted by molar-refractivity contribution is -0.120. The molecule has 0 unspecified atom stereocenters. The number of benzene rings is 1. The second-order valence-corrected chi connectivity index (χ2v) is 3.81. The Morgan fingerprint density at radius 1 is 1.24 bits per heavy atom. The average Bonchev–Trinajstić information content (AvgIpc) is 2.38. The van der Waals surface area contributed by atoms with Crippen molar-refractivity contribution >= 4 is 11.6 Å². The Kier molecular flexibility index (Phi) is 3.37. The lowest BCUT2D eigenvalue weighted by atomic mass is 10.2. The van der Waals surface area contributed by atoms with Gasteiger partial charge in [0.25, 0.3) is 0 Å². The average molecular weight is 236 g/mol. The molecule has 1 aliphatic rings. The molecule has 0 aromatic heterocycles. The van der Waals surface area contributed by atoms with Crippen LogP contribution in [0.4, 0.5) is 5.69 Å². The van der Waals surface area contributed by atoms with E-state index in [1.807, 2.05) is 23.1 Å². The van der Waals surface area contributed by atoms with Gasteiger partial charge in [0, 0.05) is 24.8 Å². The standard InChI is InChI=1S/C12H16N2O3/c1-16-10-4-3-9(7-11(10)17-2)14-6-5-13-12(15)8-14/h3-4,7H,5-6,8H2,1-2H3,(H,13,15). The van der Waals surface area contributed by atoms with Crippen LogP contribution in [0.15, 0.2) is 18.2 Å². The Labute approximate surface area is 100 Å². The lowest BCUT2D eigenvalue weighted by Crippen LogP contribution is -2.47. The van der Waals surface area contributed by atoms with Gasteiger partial charge in [0.2, 0.25) is 5.91 Å². The number of amides is 1. The molecule has 1 saturated heterocycles. The Bertz CT molecular complexity index is 420. The van der Waals surface area contributed by atoms with E-state index in [4.69, 9.17) is 9.47 Å². The molecule has 0 radical (unpaired) electrons. The number of methoxy groups -OCH3 is 2. The molecule has 2 rings (SSSR count). The van der Waals surface area contributed by atoms with Gasteiger partial charge in [-0.1, -0.05) is 0 Å². The zero-order valence-corrected chi connectivity index (χ0v) is 10.0. The number of nitrogens with zero attached hydrogens (tertiary/aromatic N) is 1. The van der Waals surface area contributed by atoms with Crippen LogP contribution in [0.3, 0.4) is 0 Å². The van der Waals surface area contributed by atoms with Crippen molar-refractivity contribution in [1.82, 2.24) is 5.32 Å². The van der Waals surface area contributed by atoms with Crippen molar-refractivity contribution in [2.45, 2.75) is 0 Å². The van der Waals surface area contributed by atoms with Crippen LogP contribution >= 0.6 is 0 Å². The van der Waals surface area contributed by atoms with E-state index < -0.39 is 0 Å². The summed E-state index contributed by atoms with van der Waals surface area (Å²) in [4.78, 5) is 13.3. The van der Waals surface area contributed by atoms with Crippen LogP contribution in [0.25, 0.3) is 0 Å². The van der Waals surface area contributed by atoms with Crippen molar-refractivity contribution in [2.75, 3.05) is 38.8 Å². The number of hydrogen-bond donors (Lipinski definition) is 1. The second-order valence-electron chi connectivity index (χ2n) is 3.81. The van der Waals surface area contributed by atoms with Crippen molar-refractivity contribution in [3.8, 4) is 11.5 Å². The topological polar surface area (TPSA) is 50.8 Å². The van der Waals surface area contributed by atoms with Gasteiger partial charge in [-0.15, -0.1) is 0 Å². The summed E-state index contributed by atoms with van der Waals surface area (Å²) in [5, 5.41) is 2.80. The van der Waals surface area contributed by atoms with Gasteiger partial charge < -0.3 is 19.7 Å². The molecule has 1 heterocycles. The number of nitrogens with one attached hydrogen (secondary N) is 1.